The quantitative estimate of drug-likeness (QED) is 0.372. The minimum absolute atomic E-state index is 0. The van der Waals surface area contributed by atoms with Gasteiger partial charge in [0.1, 0.15) is 5.75 Å². The lowest BCUT2D eigenvalue weighted by atomic mass is 9.88. The number of aryl methyl sites for hydroxylation is 1. The van der Waals surface area contributed by atoms with Gasteiger partial charge in [-0.2, -0.15) is 0 Å². The summed E-state index contributed by atoms with van der Waals surface area (Å²) in [6.45, 7) is 1.01. The minimum atomic E-state index is -0.918. The summed E-state index contributed by atoms with van der Waals surface area (Å²) in [5, 5.41) is 23.6. The van der Waals surface area contributed by atoms with E-state index in [1.165, 1.54) is 11.1 Å². The number of aromatic carboxylic acids is 1. The van der Waals surface area contributed by atoms with E-state index in [0.29, 0.717) is 30.6 Å². The number of halogens is 2. The molecule has 2 atom stereocenters. The third-order valence-corrected chi connectivity index (χ3v) is 6.33. The van der Waals surface area contributed by atoms with Crippen molar-refractivity contribution < 1.29 is 19.7 Å². The monoisotopic (exact) mass is 501 g/mol. The number of hydrogen-bond donors (Lipinski definition) is 3. The lowest BCUT2D eigenvalue weighted by Gasteiger charge is -2.27. The van der Waals surface area contributed by atoms with Crippen LogP contribution in [0.5, 0.6) is 5.75 Å². The lowest BCUT2D eigenvalue weighted by molar-refractivity contribution is 0.0697. The maximum atomic E-state index is 11.0. The maximum absolute atomic E-state index is 11.0. The number of hydrogen-bond acceptors (Lipinski definition) is 4. The van der Waals surface area contributed by atoms with Crippen LogP contribution in [0, 0.1) is 0 Å². The topological polar surface area (TPSA) is 78.8 Å². The van der Waals surface area contributed by atoms with Gasteiger partial charge in [0.2, 0.25) is 0 Å². The molecule has 0 radical (unpaired) electrons. The first-order chi connectivity index (χ1) is 16.0. The van der Waals surface area contributed by atoms with E-state index in [2.05, 4.69) is 17.4 Å². The van der Waals surface area contributed by atoms with Crippen molar-refractivity contribution in [2.45, 2.75) is 37.8 Å². The normalized spacial score (nSPS) is 15.6. The van der Waals surface area contributed by atoms with Crippen LogP contribution in [0.15, 0.2) is 66.7 Å². The first kappa shape index (κ1) is 26.0. The second-order valence-electron chi connectivity index (χ2n) is 8.45. The summed E-state index contributed by atoms with van der Waals surface area (Å²) in [6, 6.07) is 20.8. The van der Waals surface area contributed by atoms with Crippen LogP contribution < -0.4 is 10.1 Å². The summed E-state index contributed by atoms with van der Waals surface area (Å²) in [4.78, 5) is 11.0. The number of nitrogens with one attached hydrogen (secondary N) is 1. The Morgan fingerprint density at radius 1 is 1.09 bits per heavy atom. The Hall–Kier alpha value is -2.57. The Balaban J connectivity index is 0.00000324. The molecule has 0 spiro atoms. The van der Waals surface area contributed by atoms with Gasteiger partial charge in [0.25, 0.3) is 0 Å². The van der Waals surface area contributed by atoms with E-state index < -0.39 is 12.1 Å². The molecule has 3 N–H and O–H groups in total. The number of carbonyl (C=O) groups is 1. The number of aliphatic hydroxyl groups is 1. The second kappa shape index (κ2) is 12.2. The number of rotatable bonds is 9. The highest BCUT2D eigenvalue weighted by molar-refractivity contribution is 6.30. The summed E-state index contributed by atoms with van der Waals surface area (Å²) in [6.07, 6.45) is 3.04. The highest BCUT2D eigenvalue weighted by atomic mass is 35.5. The van der Waals surface area contributed by atoms with Crippen molar-refractivity contribution in [1.82, 2.24) is 5.32 Å². The van der Waals surface area contributed by atoms with Crippen LogP contribution in [0.4, 0.5) is 0 Å². The number of carboxylic acids is 1. The first-order valence-electron chi connectivity index (χ1n) is 11.2. The molecule has 0 amide bonds. The summed E-state index contributed by atoms with van der Waals surface area (Å²) in [7, 11) is 0. The molecule has 3 aromatic rings. The molecule has 0 saturated carbocycles. The Bertz CT molecular complexity index is 1100. The molecule has 7 heteroatoms. The van der Waals surface area contributed by atoms with E-state index >= 15 is 0 Å². The van der Waals surface area contributed by atoms with E-state index in [1.807, 2.05) is 30.3 Å². The van der Waals surface area contributed by atoms with E-state index in [9.17, 15) is 9.90 Å². The van der Waals surface area contributed by atoms with Crippen molar-refractivity contribution in [3.63, 3.8) is 0 Å². The lowest BCUT2D eigenvalue weighted by Crippen LogP contribution is -2.37. The molecule has 4 rings (SSSR count). The summed E-state index contributed by atoms with van der Waals surface area (Å²) < 4.78 is 5.97. The Morgan fingerprint density at radius 2 is 1.88 bits per heavy atom. The molecule has 3 aromatic carbocycles. The van der Waals surface area contributed by atoms with Crippen LogP contribution in [0.1, 0.15) is 45.1 Å². The van der Waals surface area contributed by atoms with Crippen molar-refractivity contribution in [2.24, 2.45) is 0 Å². The predicted octanol–water partition coefficient (Wildman–Crippen LogP) is 5.26. The van der Waals surface area contributed by atoms with Gasteiger partial charge in [-0.15, -0.1) is 12.4 Å². The SMILES string of the molecule is Cl.O=C(O)c1ccc(CCOc2ccc3c(c2)C[C@@H](NC[C@@H](O)c2cccc(Cl)c2)CC3)cc1. The molecule has 34 heavy (non-hydrogen) atoms. The van der Waals surface area contributed by atoms with Crippen molar-refractivity contribution in [2.75, 3.05) is 13.2 Å². The van der Waals surface area contributed by atoms with Crippen LogP contribution in [-0.4, -0.2) is 35.4 Å². The van der Waals surface area contributed by atoms with Gasteiger partial charge in [0, 0.05) is 24.0 Å². The number of ether oxygens (including phenoxy) is 1. The van der Waals surface area contributed by atoms with Crippen LogP contribution >= 0.6 is 24.0 Å². The average Bonchev–Trinajstić information content (AvgIpc) is 2.82. The summed E-state index contributed by atoms with van der Waals surface area (Å²) in [5.74, 6) is -0.0749. The van der Waals surface area contributed by atoms with E-state index in [4.69, 9.17) is 21.4 Å². The molecule has 0 aliphatic heterocycles. The highest BCUT2D eigenvalue weighted by Gasteiger charge is 2.20. The zero-order valence-electron chi connectivity index (χ0n) is 18.7. The van der Waals surface area contributed by atoms with E-state index in [-0.39, 0.29) is 18.0 Å². The van der Waals surface area contributed by atoms with Crippen molar-refractivity contribution in [3.8, 4) is 5.75 Å². The van der Waals surface area contributed by atoms with Crippen LogP contribution in [0.25, 0.3) is 0 Å². The number of carboxylic acid groups (broad SMARTS) is 1. The van der Waals surface area contributed by atoms with Gasteiger partial charge in [-0.05, 0) is 77.9 Å². The third kappa shape index (κ3) is 6.97. The van der Waals surface area contributed by atoms with Gasteiger partial charge in [0.05, 0.1) is 18.3 Å². The fourth-order valence-electron chi connectivity index (χ4n) is 4.21. The average molecular weight is 502 g/mol. The molecule has 0 heterocycles. The maximum Gasteiger partial charge on any atom is 0.335 e. The molecular formula is C27H29Cl2NO4. The van der Waals surface area contributed by atoms with Crippen molar-refractivity contribution in [3.05, 3.63) is 99.6 Å². The first-order valence-corrected chi connectivity index (χ1v) is 11.6. The van der Waals surface area contributed by atoms with Crippen molar-refractivity contribution in [1.29, 1.82) is 0 Å². The zero-order chi connectivity index (χ0) is 23.2. The summed E-state index contributed by atoms with van der Waals surface area (Å²) in [5.41, 5.74) is 4.77. The fourth-order valence-corrected chi connectivity index (χ4v) is 4.41. The van der Waals surface area contributed by atoms with Crippen LogP contribution in [0.2, 0.25) is 5.02 Å². The summed E-state index contributed by atoms with van der Waals surface area (Å²) >= 11 is 6.03. The predicted molar refractivity (Wildman–Crippen MR) is 137 cm³/mol. The molecule has 5 nitrogen and oxygen atoms in total. The number of aliphatic hydroxyl groups excluding tert-OH is 1. The van der Waals surface area contributed by atoms with Gasteiger partial charge in [0.15, 0.2) is 0 Å². The van der Waals surface area contributed by atoms with Crippen molar-refractivity contribution >= 4 is 30.0 Å². The smallest absolute Gasteiger partial charge is 0.335 e. The Morgan fingerprint density at radius 3 is 2.62 bits per heavy atom. The highest BCUT2D eigenvalue weighted by Crippen LogP contribution is 2.26. The molecule has 0 aromatic heterocycles. The Kier molecular flexibility index (Phi) is 9.36. The molecule has 0 fully saturated rings. The number of fused-ring (bicyclic) bond motifs is 1. The van der Waals surface area contributed by atoms with Gasteiger partial charge in [-0.3, -0.25) is 0 Å². The van der Waals surface area contributed by atoms with Crippen LogP contribution in [-0.2, 0) is 19.3 Å². The minimum Gasteiger partial charge on any atom is -0.493 e. The van der Waals surface area contributed by atoms with E-state index in [0.717, 1.165) is 36.1 Å². The van der Waals surface area contributed by atoms with Gasteiger partial charge in [-0.1, -0.05) is 41.9 Å². The molecule has 0 saturated heterocycles. The molecular weight excluding hydrogens is 473 g/mol. The fraction of sp³-hybridized carbons (Fsp3) is 0.296. The Labute approximate surface area is 211 Å². The van der Waals surface area contributed by atoms with Gasteiger partial charge in [-0.25, -0.2) is 4.79 Å². The largest absolute Gasteiger partial charge is 0.493 e. The van der Waals surface area contributed by atoms with Gasteiger partial charge < -0.3 is 20.3 Å². The number of benzene rings is 3. The molecule has 0 bridgehead atoms. The van der Waals surface area contributed by atoms with Crippen LogP contribution in [0.3, 0.4) is 0 Å². The molecule has 1 aliphatic rings. The standard InChI is InChI=1S/C27H28ClNO4.ClH/c28-23-3-1-2-21(14-23)26(30)17-29-24-10-8-19-9-11-25(16-22(19)15-24)33-13-12-18-4-6-20(7-5-18)27(31)32;/h1-7,9,11,14,16,24,26,29-30H,8,10,12-13,15,17H2,(H,31,32);1H/t24-,26+;/m0./s1. The molecule has 1 aliphatic carbocycles. The van der Waals surface area contributed by atoms with E-state index in [1.54, 1.807) is 24.3 Å². The third-order valence-electron chi connectivity index (χ3n) is 6.10. The zero-order valence-corrected chi connectivity index (χ0v) is 20.3. The second-order valence-corrected chi connectivity index (χ2v) is 8.89. The van der Waals surface area contributed by atoms with Gasteiger partial charge >= 0.3 is 5.97 Å². The molecule has 0 unspecified atom stereocenters. The molecule has 180 valence electrons.